The molecule has 0 saturated carbocycles. The lowest BCUT2D eigenvalue weighted by atomic mass is 10.1. The van der Waals surface area contributed by atoms with Crippen LogP contribution in [0.4, 0.5) is 5.13 Å². The van der Waals surface area contributed by atoms with E-state index < -0.39 is 0 Å². The number of carbonyl (C=O) groups excluding carboxylic acids is 1. The van der Waals surface area contributed by atoms with Crippen LogP contribution in [0.3, 0.4) is 0 Å². The average Bonchev–Trinajstić information content (AvgIpc) is 3.05. The Labute approximate surface area is 155 Å². The van der Waals surface area contributed by atoms with Crippen molar-refractivity contribution in [3.8, 4) is 0 Å². The van der Waals surface area contributed by atoms with Crippen LogP contribution in [-0.4, -0.2) is 17.5 Å². The van der Waals surface area contributed by atoms with Crippen LogP contribution in [0.25, 0.3) is 0 Å². The molecule has 4 nitrogen and oxygen atoms in total. The number of nitrogens with zero attached hydrogens (tertiary/aromatic N) is 1. The molecule has 0 bridgehead atoms. The summed E-state index contributed by atoms with van der Waals surface area (Å²) in [5.41, 5.74) is 2.07. The number of aromatic nitrogens is 1. The number of hydrogen-bond donors (Lipinski definition) is 1. The van der Waals surface area contributed by atoms with Crippen LogP contribution in [0.15, 0.2) is 60.8 Å². The van der Waals surface area contributed by atoms with Crippen molar-refractivity contribution in [1.82, 2.24) is 4.98 Å². The smallest absolute Gasteiger partial charge is 0.252 e. The van der Waals surface area contributed by atoms with Crippen molar-refractivity contribution >= 4 is 34.0 Å². The molecule has 0 spiro atoms. The molecule has 6 heteroatoms. The van der Waals surface area contributed by atoms with Crippen molar-refractivity contribution in [3.05, 3.63) is 81.8 Å². The molecule has 0 atom stereocenters. The number of hydrogen-bond acceptors (Lipinski definition) is 4. The number of thiazole rings is 1. The van der Waals surface area contributed by atoms with Crippen molar-refractivity contribution in [3.63, 3.8) is 0 Å². The average molecular weight is 373 g/mol. The number of carbonyl (C=O) groups is 1. The minimum atomic E-state index is -0.213. The van der Waals surface area contributed by atoms with Crippen molar-refractivity contribution in [2.75, 3.05) is 11.9 Å². The fraction of sp³-hybridized carbons (Fsp3) is 0.158. The van der Waals surface area contributed by atoms with Crippen molar-refractivity contribution in [2.24, 2.45) is 0 Å². The number of nitrogens with one attached hydrogen (secondary N) is 1. The molecule has 128 valence electrons. The Kier molecular flexibility index (Phi) is 6.17. The number of benzene rings is 2. The van der Waals surface area contributed by atoms with Gasteiger partial charge in [-0.15, -0.1) is 11.3 Å². The maximum absolute atomic E-state index is 11.9. The highest BCUT2D eigenvalue weighted by atomic mass is 35.5. The zero-order chi connectivity index (χ0) is 17.5. The first-order valence-corrected chi connectivity index (χ1v) is 9.00. The minimum Gasteiger partial charge on any atom is -0.367 e. The van der Waals surface area contributed by atoms with Crippen molar-refractivity contribution < 1.29 is 9.53 Å². The van der Waals surface area contributed by atoms with Gasteiger partial charge < -0.3 is 4.74 Å². The molecule has 0 radical (unpaired) electrons. The lowest BCUT2D eigenvalue weighted by Gasteiger charge is -2.04. The Bertz CT molecular complexity index is 836. The van der Waals surface area contributed by atoms with E-state index in [2.05, 4.69) is 10.3 Å². The summed E-state index contributed by atoms with van der Waals surface area (Å²) in [4.78, 5) is 17.2. The highest BCUT2D eigenvalue weighted by Gasteiger charge is 2.09. The fourth-order valence-electron chi connectivity index (χ4n) is 2.27. The number of rotatable bonds is 7. The van der Waals surface area contributed by atoms with Crippen LogP contribution in [0.2, 0.25) is 5.02 Å². The highest BCUT2D eigenvalue weighted by Crippen LogP contribution is 2.24. The molecule has 1 N–H and O–H groups in total. The van der Waals surface area contributed by atoms with Crippen LogP contribution in [0.5, 0.6) is 0 Å². The second-order valence-electron chi connectivity index (χ2n) is 5.43. The van der Waals surface area contributed by atoms with E-state index in [4.69, 9.17) is 16.3 Å². The maximum Gasteiger partial charge on any atom is 0.252 e. The molecule has 3 aromatic rings. The Morgan fingerprint density at radius 1 is 1.12 bits per heavy atom. The van der Waals surface area contributed by atoms with Gasteiger partial charge in [0.15, 0.2) is 5.13 Å². The van der Waals surface area contributed by atoms with E-state index in [0.29, 0.717) is 18.2 Å². The highest BCUT2D eigenvalue weighted by molar-refractivity contribution is 7.15. The summed E-state index contributed by atoms with van der Waals surface area (Å²) in [5.74, 6) is -0.213. The van der Waals surface area contributed by atoms with E-state index in [0.717, 1.165) is 21.0 Å². The van der Waals surface area contributed by atoms with Gasteiger partial charge in [-0.25, -0.2) is 4.98 Å². The molecule has 1 amide bonds. The normalized spacial score (nSPS) is 10.6. The Balaban J connectivity index is 1.47. The van der Waals surface area contributed by atoms with Crippen LogP contribution in [0, 0.1) is 0 Å². The zero-order valence-corrected chi connectivity index (χ0v) is 15.0. The molecule has 1 aromatic heterocycles. The Morgan fingerprint density at radius 2 is 1.88 bits per heavy atom. The molecule has 2 aromatic carbocycles. The molecular formula is C19H17ClN2O2S. The van der Waals surface area contributed by atoms with E-state index >= 15 is 0 Å². The number of amides is 1. The second kappa shape index (κ2) is 8.76. The molecule has 1 heterocycles. The van der Waals surface area contributed by atoms with Crippen molar-refractivity contribution in [1.29, 1.82) is 0 Å². The fourth-order valence-corrected chi connectivity index (χ4v) is 3.32. The Hall–Kier alpha value is -2.21. The van der Waals surface area contributed by atoms with Gasteiger partial charge in [0.2, 0.25) is 0 Å². The molecule has 0 aliphatic carbocycles. The lowest BCUT2D eigenvalue weighted by Crippen LogP contribution is -2.18. The van der Waals surface area contributed by atoms with Crippen LogP contribution >= 0.6 is 22.9 Å². The van der Waals surface area contributed by atoms with Gasteiger partial charge in [-0.2, -0.15) is 0 Å². The van der Waals surface area contributed by atoms with Crippen molar-refractivity contribution in [2.45, 2.75) is 13.0 Å². The van der Waals surface area contributed by atoms with Gasteiger partial charge >= 0.3 is 0 Å². The molecule has 25 heavy (non-hydrogen) atoms. The summed E-state index contributed by atoms with van der Waals surface area (Å²) in [6, 6.07) is 17.4. The summed E-state index contributed by atoms with van der Waals surface area (Å²) in [7, 11) is 0. The predicted molar refractivity (Wildman–Crippen MR) is 101 cm³/mol. The molecule has 3 rings (SSSR count). The number of halogens is 1. The van der Waals surface area contributed by atoms with E-state index in [-0.39, 0.29) is 12.5 Å². The summed E-state index contributed by atoms with van der Waals surface area (Å²) >= 11 is 7.61. The number of anilines is 1. The second-order valence-corrected chi connectivity index (χ2v) is 6.95. The van der Waals surface area contributed by atoms with Crippen LogP contribution in [0.1, 0.15) is 16.0 Å². The van der Waals surface area contributed by atoms with Gasteiger partial charge in [0, 0.05) is 22.5 Å². The summed E-state index contributed by atoms with van der Waals surface area (Å²) in [6.45, 7) is 0.401. The standard InChI is InChI=1S/C19H17ClN2O2S/c20-17-9-5-4-8-15(17)10-16-11-21-19(25-16)22-18(23)13-24-12-14-6-2-1-3-7-14/h1-9,11H,10,12-13H2,(H,21,22,23). The van der Waals surface area contributed by atoms with Crippen LogP contribution < -0.4 is 5.32 Å². The molecule has 0 fully saturated rings. The third kappa shape index (κ3) is 5.39. The first-order chi connectivity index (χ1) is 12.2. The van der Waals surface area contributed by atoms with Gasteiger partial charge in [-0.1, -0.05) is 60.1 Å². The SMILES string of the molecule is O=C(COCc1ccccc1)Nc1ncc(Cc2ccccc2Cl)s1. The predicted octanol–water partition coefficient (Wildman–Crippen LogP) is 4.54. The van der Waals surface area contributed by atoms with E-state index in [9.17, 15) is 4.79 Å². The van der Waals surface area contributed by atoms with E-state index in [1.165, 1.54) is 11.3 Å². The molecule has 0 saturated heterocycles. The van der Waals surface area contributed by atoms with Gasteiger partial charge in [-0.3, -0.25) is 10.1 Å². The monoisotopic (exact) mass is 372 g/mol. The quantitative estimate of drug-likeness (QED) is 0.662. The summed E-state index contributed by atoms with van der Waals surface area (Å²) < 4.78 is 5.42. The van der Waals surface area contributed by atoms with Crippen LogP contribution in [-0.2, 0) is 22.6 Å². The topological polar surface area (TPSA) is 51.2 Å². The first kappa shape index (κ1) is 17.6. The zero-order valence-electron chi connectivity index (χ0n) is 13.4. The Morgan fingerprint density at radius 3 is 2.68 bits per heavy atom. The summed E-state index contributed by atoms with van der Waals surface area (Å²) in [6.07, 6.45) is 2.45. The first-order valence-electron chi connectivity index (χ1n) is 7.80. The number of ether oxygens (including phenoxy) is 1. The largest absolute Gasteiger partial charge is 0.367 e. The minimum absolute atomic E-state index is 0.00563. The molecular weight excluding hydrogens is 356 g/mol. The summed E-state index contributed by atoms with van der Waals surface area (Å²) in [5, 5.41) is 4.06. The molecule has 0 aliphatic rings. The third-order valence-electron chi connectivity index (χ3n) is 3.47. The van der Waals surface area contributed by atoms with E-state index in [1.54, 1.807) is 6.20 Å². The van der Waals surface area contributed by atoms with Gasteiger partial charge in [0.25, 0.3) is 5.91 Å². The lowest BCUT2D eigenvalue weighted by molar-refractivity contribution is -0.121. The van der Waals surface area contributed by atoms with Gasteiger partial charge in [0.1, 0.15) is 6.61 Å². The van der Waals surface area contributed by atoms with Gasteiger partial charge in [0.05, 0.1) is 6.61 Å². The van der Waals surface area contributed by atoms with Gasteiger partial charge in [-0.05, 0) is 17.2 Å². The molecule has 0 aliphatic heterocycles. The third-order valence-corrected chi connectivity index (χ3v) is 4.75. The van der Waals surface area contributed by atoms with E-state index in [1.807, 2.05) is 54.6 Å². The maximum atomic E-state index is 11.9. The molecule has 0 unspecified atom stereocenters.